The molecule has 0 radical (unpaired) electrons. The van der Waals surface area contributed by atoms with E-state index in [-0.39, 0.29) is 5.78 Å². The van der Waals surface area contributed by atoms with E-state index in [0.29, 0.717) is 19.5 Å². The van der Waals surface area contributed by atoms with Crippen LogP contribution in [0.25, 0.3) is 0 Å². The van der Waals surface area contributed by atoms with E-state index >= 15 is 0 Å². The van der Waals surface area contributed by atoms with Crippen molar-refractivity contribution in [3.05, 3.63) is 23.3 Å². The summed E-state index contributed by atoms with van der Waals surface area (Å²) in [4.78, 5) is 10.8. The minimum atomic E-state index is 0.195. The van der Waals surface area contributed by atoms with Gasteiger partial charge in [-0.2, -0.15) is 0 Å². The standard InChI is InChI=1S/C14H21NO3/c1-10(16)7-8-15-9-12-5-6-13(17-3)11(2)14(12)18-4/h5-6,15H,7-9H2,1-4H3. The van der Waals surface area contributed by atoms with Crippen LogP contribution in [0.15, 0.2) is 12.1 Å². The number of carbonyl (C=O) groups excluding carboxylic acids is 1. The second-order valence-electron chi connectivity index (χ2n) is 4.21. The summed E-state index contributed by atoms with van der Waals surface area (Å²) in [5.41, 5.74) is 2.06. The zero-order valence-corrected chi connectivity index (χ0v) is 11.5. The van der Waals surface area contributed by atoms with Crippen molar-refractivity contribution in [3.8, 4) is 11.5 Å². The fraction of sp³-hybridized carbons (Fsp3) is 0.500. The molecule has 0 heterocycles. The summed E-state index contributed by atoms with van der Waals surface area (Å²) in [5, 5.41) is 3.23. The van der Waals surface area contributed by atoms with Crippen molar-refractivity contribution < 1.29 is 14.3 Å². The summed E-state index contributed by atoms with van der Waals surface area (Å²) in [6.45, 7) is 4.93. The molecule has 0 amide bonds. The van der Waals surface area contributed by atoms with Crippen molar-refractivity contribution in [2.75, 3.05) is 20.8 Å². The van der Waals surface area contributed by atoms with E-state index in [9.17, 15) is 4.79 Å². The third-order valence-corrected chi connectivity index (χ3v) is 2.83. The molecule has 1 N–H and O–H groups in total. The van der Waals surface area contributed by atoms with Gasteiger partial charge in [0.25, 0.3) is 0 Å². The molecule has 1 aromatic rings. The monoisotopic (exact) mass is 251 g/mol. The van der Waals surface area contributed by atoms with E-state index in [2.05, 4.69) is 5.32 Å². The van der Waals surface area contributed by atoms with E-state index in [4.69, 9.17) is 9.47 Å². The number of Topliss-reactive ketones (excluding diaryl/α,β-unsaturated/α-hetero) is 1. The molecule has 0 atom stereocenters. The van der Waals surface area contributed by atoms with Crippen LogP contribution in [0.3, 0.4) is 0 Å². The lowest BCUT2D eigenvalue weighted by atomic mass is 10.1. The molecular weight excluding hydrogens is 230 g/mol. The number of benzene rings is 1. The number of methoxy groups -OCH3 is 2. The maximum Gasteiger partial charge on any atom is 0.131 e. The van der Waals surface area contributed by atoms with E-state index in [1.54, 1.807) is 21.1 Å². The molecule has 0 aliphatic carbocycles. The molecule has 4 nitrogen and oxygen atoms in total. The molecular formula is C14H21NO3. The summed E-state index contributed by atoms with van der Waals surface area (Å²) >= 11 is 0. The molecule has 18 heavy (non-hydrogen) atoms. The molecule has 0 bridgehead atoms. The molecule has 0 fully saturated rings. The Bertz CT molecular complexity index is 416. The van der Waals surface area contributed by atoms with Crippen LogP contribution in [0.4, 0.5) is 0 Å². The van der Waals surface area contributed by atoms with Gasteiger partial charge in [0.2, 0.25) is 0 Å². The van der Waals surface area contributed by atoms with Gasteiger partial charge in [0.05, 0.1) is 14.2 Å². The smallest absolute Gasteiger partial charge is 0.131 e. The molecule has 0 saturated heterocycles. The van der Waals surface area contributed by atoms with Gasteiger partial charge in [-0.25, -0.2) is 0 Å². The zero-order chi connectivity index (χ0) is 13.5. The number of ketones is 1. The van der Waals surface area contributed by atoms with Crippen LogP contribution in [0, 0.1) is 6.92 Å². The number of hydrogen-bond acceptors (Lipinski definition) is 4. The van der Waals surface area contributed by atoms with Crippen molar-refractivity contribution in [2.24, 2.45) is 0 Å². The SMILES string of the molecule is COc1ccc(CNCCC(C)=O)c(OC)c1C. The highest BCUT2D eigenvalue weighted by Gasteiger charge is 2.10. The molecule has 0 saturated carbocycles. The highest BCUT2D eigenvalue weighted by Crippen LogP contribution is 2.31. The van der Waals surface area contributed by atoms with Crippen LogP contribution in [-0.2, 0) is 11.3 Å². The Labute approximate surface area is 108 Å². The quantitative estimate of drug-likeness (QED) is 0.754. The second-order valence-corrected chi connectivity index (χ2v) is 4.21. The minimum Gasteiger partial charge on any atom is -0.496 e. The molecule has 0 aliphatic rings. The Balaban J connectivity index is 2.71. The summed E-state index contributed by atoms with van der Waals surface area (Å²) < 4.78 is 10.7. The van der Waals surface area contributed by atoms with Gasteiger partial charge < -0.3 is 14.8 Å². The lowest BCUT2D eigenvalue weighted by Crippen LogP contribution is -2.17. The fourth-order valence-electron chi connectivity index (χ4n) is 1.86. The summed E-state index contributed by atoms with van der Waals surface area (Å²) in [7, 11) is 3.30. The zero-order valence-electron chi connectivity index (χ0n) is 11.5. The van der Waals surface area contributed by atoms with Crippen LogP contribution >= 0.6 is 0 Å². The number of carbonyl (C=O) groups is 1. The van der Waals surface area contributed by atoms with Gasteiger partial charge in [-0.15, -0.1) is 0 Å². The Morgan fingerprint density at radius 2 is 2.00 bits per heavy atom. The fourth-order valence-corrected chi connectivity index (χ4v) is 1.86. The van der Waals surface area contributed by atoms with Gasteiger partial charge in [-0.05, 0) is 19.9 Å². The van der Waals surface area contributed by atoms with E-state index < -0.39 is 0 Å². The van der Waals surface area contributed by atoms with Crippen LogP contribution in [0.1, 0.15) is 24.5 Å². The first-order valence-corrected chi connectivity index (χ1v) is 6.00. The van der Waals surface area contributed by atoms with Gasteiger partial charge in [0, 0.05) is 30.6 Å². The molecule has 0 spiro atoms. The van der Waals surface area contributed by atoms with E-state index in [1.807, 2.05) is 19.1 Å². The van der Waals surface area contributed by atoms with Gasteiger partial charge in [0.1, 0.15) is 17.3 Å². The van der Waals surface area contributed by atoms with Crippen LogP contribution in [0.5, 0.6) is 11.5 Å². The van der Waals surface area contributed by atoms with Gasteiger partial charge >= 0.3 is 0 Å². The largest absolute Gasteiger partial charge is 0.496 e. The number of nitrogens with one attached hydrogen (secondary N) is 1. The predicted octanol–water partition coefficient (Wildman–Crippen LogP) is 2.08. The van der Waals surface area contributed by atoms with Crippen molar-refractivity contribution in [1.29, 1.82) is 0 Å². The Hall–Kier alpha value is -1.55. The topological polar surface area (TPSA) is 47.6 Å². The highest BCUT2D eigenvalue weighted by molar-refractivity contribution is 5.75. The number of ether oxygens (including phenoxy) is 2. The second kappa shape index (κ2) is 7.01. The van der Waals surface area contributed by atoms with Gasteiger partial charge in [0.15, 0.2) is 0 Å². The van der Waals surface area contributed by atoms with Crippen molar-refractivity contribution in [1.82, 2.24) is 5.32 Å². The molecule has 0 aliphatic heterocycles. The van der Waals surface area contributed by atoms with Crippen LogP contribution in [0.2, 0.25) is 0 Å². The maximum atomic E-state index is 10.8. The molecule has 0 aromatic heterocycles. The normalized spacial score (nSPS) is 10.2. The van der Waals surface area contributed by atoms with Crippen LogP contribution < -0.4 is 14.8 Å². The summed E-state index contributed by atoms with van der Waals surface area (Å²) in [6.07, 6.45) is 0.553. The maximum absolute atomic E-state index is 10.8. The average molecular weight is 251 g/mol. The van der Waals surface area contributed by atoms with Crippen LogP contribution in [-0.4, -0.2) is 26.5 Å². The van der Waals surface area contributed by atoms with E-state index in [0.717, 1.165) is 22.6 Å². The van der Waals surface area contributed by atoms with Crippen molar-refractivity contribution >= 4 is 5.78 Å². The third-order valence-electron chi connectivity index (χ3n) is 2.83. The lowest BCUT2D eigenvalue weighted by molar-refractivity contribution is -0.116. The molecule has 0 unspecified atom stereocenters. The minimum absolute atomic E-state index is 0.195. The van der Waals surface area contributed by atoms with Crippen molar-refractivity contribution in [3.63, 3.8) is 0 Å². The first-order chi connectivity index (χ1) is 8.60. The Kier molecular flexibility index (Phi) is 5.65. The van der Waals surface area contributed by atoms with Crippen molar-refractivity contribution in [2.45, 2.75) is 26.8 Å². The number of hydrogen-bond donors (Lipinski definition) is 1. The molecule has 1 rings (SSSR count). The average Bonchev–Trinajstić information content (AvgIpc) is 2.34. The number of rotatable bonds is 7. The molecule has 100 valence electrons. The molecule has 1 aromatic carbocycles. The third kappa shape index (κ3) is 3.74. The van der Waals surface area contributed by atoms with E-state index in [1.165, 1.54) is 0 Å². The Morgan fingerprint density at radius 1 is 1.28 bits per heavy atom. The summed E-state index contributed by atoms with van der Waals surface area (Å²) in [6, 6.07) is 3.91. The van der Waals surface area contributed by atoms with Gasteiger partial charge in [-0.3, -0.25) is 4.79 Å². The lowest BCUT2D eigenvalue weighted by Gasteiger charge is -2.14. The highest BCUT2D eigenvalue weighted by atomic mass is 16.5. The summed E-state index contributed by atoms with van der Waals surface area (Å²) in [5.74, 6) is 1.85. The Morgan fingerprint density at radius 3 is 2.56 bits per heavy atom. The molecule has 4 heteroatoms. The predicted molar refractivity (Wildman–Crippen MR) is 71.3 cm³/mol. The van der Waals surface area contributed by atoms with Gasteiger partial charge in [-0.1, -0.05) is 6.07 Å². The first kappa shape index (κ1) is 14.5. The first-order valence-electron chi connectivity index (χ1n) is 6.00.